The van der Waals surface area contributed by atoms with Crippen molar-refractivity contribution >= 4 is 28.9 Å². The van der Waals surface area contributed by atoms with Gasteiger partial charge in [-0.25, -0.2) is 34.2 Å². The van der Waals surface area contributed by atoms with Gasteiger partial charge in [0.1, 0.15) is 23.5 Å². The van der Waals surface area contributed by atoms with Crippen LogP contribution in [-0.2, 0) is 9.53 Å². The number of amides is 1. The first-order valence-electron chi connectivity index (χ1n) is 14.9. The highest BCUT2D eigenvalue weighted by Gasteiger charge is 2.47. The molecule has 5 heterocycles. The standard InChI is InChI=1S/C29H31N9O5/c30-26-22-23(35-38(28(22)34-13-33-26)19-9-14-7-17(19)8-14)24-21(25(43-36-24)16-1-2-16)27-31-10-18(11-32-27)15-3-5-37(6-4-15)29(41)42-12-20(39)40/h10-11,13-17,19H,1-9,12H2,(H,39,40)(H2,30,33,34)/t14?,17?,19-/m1/s1. The summed E-state index contributed by atoms with van der Waals surface area (Å²) >= 11 is 0. The number of likely N-dealkylation sites (tertiary alicyclic amines) is 1. The summed E-state index contributed by atoms with van der Waals surface area (Å²) in [4.78, 5) is 42.8. The molecule has 0 unspecified atom stereocenters. The van der Waals surface area contributed by atoms with Crippen molar-refractivity contribution in [3.63, 3.8) is 0 Å². The lowest BCUT2D eigenvalue weighted by atomic mass is 9.84. The fraction of sp³-hybridized carbons (Fsp3) is 0.517. The molecule has 0 aromatic carbocycles. The zero-order valence-corrected chi connectivity index (χ0v) is 23.4. The zero-order valence-electron chi connectivity index (χ0n) is 23.4. The largest absolute Gasteiger partial charge is 0.479 e. The molecule has 1 amide bonds. The molecular weight excluding hydrogens is 554 g/mol. The van der Waals surface area contributed by atoms with E-state index in [0.29, 0.717) is 60.3 Å². The van der Waals surface area contributed by atoms with Gasteiger partial charge in [-0.15, -0.1) is 0 Å². The van der Waals surface area contributed by atoms with Gasteiger partial charge in [0.05, 0.1) is 17.0 Å². The van der Waals surface area contributed by atoms with Gasteiger partial charge < -0.3 is 25.0 Å². The van der Waals surface area contributed by atoms with Crippen LogP contribution in [-0.4, -0.2) is 76.6 Å². The number of carboxylic acids is 1. The summed E-state index contributed by atoms with van der Waals surface area (Å²) in [6, 6.07) is 0.287. The molecule has 14 heteroatoms. The fourth-order valence-electron chi connectivity index (χ4n) is 7.11. The monoisotopic (exact) mass is 585 g/mol. The number of hydrogen-bond acceptors (Lipinski definition) is 11. The highest BCUT2D eigenvalue weighted by atomic mass is 16.6. The third-order valence-corrected chi connectivity index (χ3v) is 9.55. The molecule has 0 spiro atoms. The van der Waals surface area contributed by atoms with Crippen LogP contribution in [0.2, 0.25) is 0 Å². The van der Waals surface area contributed by atoms with Crippen LogP contribution in [0.5, 0.6) is 0 Å². The second-order valence-corrected chi connectivity index (χ2v) is 12.2. The summed E-state index contributed by atoms with van der Waals surface area (Å²) in [5.41, 5.74) is 10.0. The van der Waals surface area contributed by atoms with Crippen molar-refractivity contribution in [3.05, 3.63) is 30.0 Å². The minimum Gasteiger partial charge on any atom is -0.479 e. The van der Waals surface area contributed by atoms with E-state index in [4.69, 9.17) is 35.2 Å². The molecule has 4 aromatic heterocycles. The van der Waals surface area contributed by atoms with Crippen molar-refractivity contribution in [2.75, 3.05) is 25.4 Å². The van der Waals surface area contributed by atoms with Crippen LogP contribution >= 0.6 is 0 Å². The van der Waals surface area contributed by atoms with Gasteiger partial charge in [-0.05, 0) is 68.3 Å². The second kappa shape index (κ2) is 9.99. The minimum absolute atomic E-state index is 0.164. The molecule has 222 valence electrons. The topological polar surface area (TPSA) is 188 Å². The van der Waals surface area contributed by atoms with Gasteiger partial charge in [-0.3, -0.25) is 0 Å². The Morgan fingerprint density at radius 1 is 1.00 bits per heavy atom. The van der Waals surface area contributed by atoms with Crippen LogP contribution in [0.4, 0.5) is 10.6 Å². The molecule has 4 saturated carbocycles. The number of carbonyl (C=O) groups is 2. The van der Waals surface area contributed by atoms with E-state index in [1.54, 1.807) is 0 Å². The Balaban J connectivity index is 1.10. The number of ether oxygens (including phenoxy) is 1. The van der Waals surface area contributed by atoms with E-state index in [-0.39, 0.29) is 17.9 Å². The zero-order chi connectivity index (χ0) is 29.2. The molecule has 4 aliphatic carbocycles. The van der Waals surface area contributed by atoms with Gasteiger partial charge in [0.25, 0.3) is 0 Å². The summed E-state index contributed by atoms with van der Waals surface area (Å²) in [6.45, 7) is 0.293. The maximum Gasteiger partial charge on any atom is 0.410 e. The van der Waals surface area contributed by atoms with Gasteiger partial charge in [0, 0.05) is 31.4 Å². The predicted octanol–water partition coefficient (Wildman–Crippen LogP) is 3.77. The molecular formula is C29H31N9O5. The molecule has 1 saturated heterocycles. The Morgan fingerprint density at radius 2 is 1.77 bits per heavy atom. The number of anilines is 1. The summed E-state index contributed by atoms with van der Waals surface area (Å²) < 4.78 is 12.8. The van der Waals surface area contributed by atoms with E-state index in [0.717, 1.165) is 47.7 Å². The van der Waals surface area contributed by atoms with E-state index in [1.165, 1.54) is 24.1 Å². The molecule has 0 radical (unpaired) electrons. The SMILES string of the molecule is Nc1ncnc2c1c(-c1noc(C3CC3)c1-c1ncc(C3CCN(C(=O)OCC(=O)O)CC3)cn1)nn2[C@@H]1CC2CC1C2. The number of fused-ring (bicyclic) bond motifs is 2. The molecule has 1 aliphatic heterocycles. The van der Waals surface area contributed by atoms with Gasteiger partial charge >= 0.3 is 12.1 Å². The van der Waals surface area contributed by atoms with Crippen molar-refractivity contribution in [2.45, 2.75) is 62.8 Å². The van der Waals surface area contributed by atoms with Crippen molar-refractivity contribution in [1.82, 2.24) is 39.8 Å². The Hall–Kier alpha value is -4.62. The molecule has 4 aromatic rings. The molecule has 2 bridgehead atoms. The number of nitrogens with two attached hydrogens (primary N) is 1. The Morgan fingerprint density at radius 3 is 2.44 bits per heavy atom. The van der Waals surface area contributed by atoms with E-state index in [1.807, 2.05) is 17.1 Å². The number of carboxylic acid groups (broad SMARTS) is 1. The van der Waals surface area contributed by atoms with Crippen LogP contribution in [0.1, 0.15) is 74.1 Å². The summed E-state index contributed by atoms with van der Waals surface area (Å²) in [7, 11) is 0. The van der Waals surface area contributed by atoms with Gasteiger partial charge in [0.15, 0.2) is 23.8 Å². The quantitative estimate of drug-likeness (QED) is 0.320. The highest BCUT2D eigenvalue weighted by molar-refractivity contribution is 6.00. The summed E-state index contributed by atoms with van der Waals surface area (Å²) in [6.07, 6.45) is 11.5. The average Bonchev–Trinajstić information content (AvgIpc) is 3.32. The van der Waals surface area contributed by atoms with Crippen LogP contribution < -0.4 is 5.73 Å². The number of carbonyl (C=O) groups excluding carboxylic acids is 1. The number of aromatic nitrogens is 7. The smallest absolute Gasteiger partial charge is 0.410 e. The number of aliphatic carboxylic acids is 1. The minimum atomic E-state index is -1.18. The fourth-order valence-corrected chi connectivity index (χ4v) is 7.11. The predicted molar refractivity (Wildman–Crippen MR) is 151 cm³/mol. The third-order valence-electron chi connectivity index (χ3n) is 9.55. The first kappa shape index (κ1) is 26.0. The average molecular weight is 586 g/mol. The third kappa shape index (κ3) is 4.46. The van der Waals surface area contributed by atoms with Crippen LogP contribution in [0.15, 0.2) is 23.2 Å². The number of hydrogen-bond donors (Lipinski definition) is 2. The molecule has 14 nitrogen and oxygen atoms in total. The van der Waals surface area contributed by atoms with Crippen molar-refractivity contribution in [2.24, 2.45) is 11.8 Å². The molecule has 5 aliphatic rings. The number of nitrogen functional groups attached to an aromatic ring is 1. The number of nitrogens with zero attached hydrogens (tertiary/aromatic N) is 8. The van der Waals surface area contributed by atoms with Crippen molar-refractivity contribution in [3.8, 4) is 22.8 Å². The Kier molecular flexibility index (Phi) is 6.05. The lowest BCUT2D eigenvalue weighted by molar-refractivity contribution is -0.140. The lowest BCUT2D eigenvalue weighted by Crippen LogP contribution is -2.39. The van der Waals surface area contributed by atoms with E-state index in [2.05, 4.69) is 15.1 Å². The first-order valence-corrected chi connectivity index (χ1v) is 14.9. The van der Waals surface area contributed by atoms with E-state index >= 15 is 0 Å². The first-order chi connectivity index (χ1) is 20.9. The molecule has 3 N–H and O–H groups in total. The van der Waals surface area contributed by atoms with E-state index in [9.17, 15) is 9.59 Å². The van der Waals surface area contributed by atoms with Crippen LogP contribution in [0, 0.1) is 11.8 Å². The van der Waals surface area contributed by atoms with Crippen LogP contribution in [0.25, 0.3) is 33.8 Å². The van der Waals surface area contributed by atoms with Crippen LogP contribution in [0.3, 0.4) is 0 Å². The molecule has 9 rings (SSSR count). The maximum absolute atomic E-state index is 12.1. The normalized spacial score (nSPS) is 23.4. The number of piperidine rings is 1. The number of rotatable bonds is 7. The van der Waals surface area contributed by atoms with Gasteiger partial charge in [-0.2, -0.15) is 5.10 Å². The second-order valence-electron chi connectivity index (χ2n) is 12.2. The van der Waals surface area contributed by atoms with Gasteiger partial charge in [0.2, 0.25) is 0 Å². The Labute approximate surface area is 245 Å². The van der Waals surface area contributed by atoms with Crippen molar-refractivity contribution in [1.29, 1.82) is 0 Å². The molecule has 5 fully saturated rings. The maximum atomic E-state index is 12.1. The van der Waals surface area contributed by atoms with E-state index < -0.39 is 18.7 Å². The summed E-state index contributed by atoms with van der Waals surface area (Å²) in [5, 5.41) is 19.0. The highest BCUT2D eigenvalue weighted by Crippen LogP contribution is 2.55. The van der Waals surface area contributed by atoms with Crippen molar-refractivity contribution < 1.29 is 24.0 Å². The summed E-state index contributed by atoms with van der Waals surface area (Å²) in [5.74, 6) is 2.23. The van der Waals surface area contributed by atoms with Gasteiger partial charge in [-0.1, -0.05) is 5.16 Å². The Bertz CT molecular complexity index is 1720. The molecule has 43 heavy (non-hydrogen) atoms. The lowest BCUT2D eigenvalue weighted by Gasteiger charge is -2.31. The molecule has 1 atom stereocenters.